The number of hydrogen-bond donors (Lipinski definition) is 1. The van der Waals surface area contributed by atoms with Crippen molar-refractivity contribution < 1.29 is 19.0 Å². The van der Waals surface area contributed by atoms with E-state index in [0.717, 1.165) is 11.3 Å². The van der Waals surface area contributed by atoms with Crippen molar-refractivity contribution in [3.05, 3.63) is 40.9 Å². The van der Waals surface area contributed by atoms with Gasteiger partial charge < -0.3 is 14.2 Å². The maximum Gasteiger partial charge on any atom is 0.311 e. The molecule has 7 nitrogen and oxygen atoms in total. The second kappa shape index (κ2) is 10.4. The van der Waals surface area contributed by atoms with Crippen molar-refractivity contribution in [2.75, 3.05) is 32.4 Å². The highest BCUT2D eigenvalue weighted by Crippen LogP contribution is 2.16. The van der Waals surface area contributed by atoms with Gasteiger partial charge in [0, 0.05) is 12.5 Å². The maximum atomic E-state index is 11.4. The molecule has 1 aromatic heterocycles. The zero-order valence-corrected chi connectivity index (χ0v) is 15.0. The monoisotopic (exact) mass is 363 g/mol. The largest absolute Gasteiger partial charge is 0.491 e. The molecule has 0 spiro atoms. The Balaban J connectivity index is 1.85. The molecule has 8 heteroatoms. The van der Waals surface area contributed by atoms with Gasteiger partial charge in [0.05, 0.1) is 31.5 Å². The van der Waals surface area contributed by atoms with Gasteiger partial charge in [-0.1, -0.05) is 12.1 Å². The molecule has 0 saturated carbocycles. The van der Waals surface area contributed by atoms with Crippen LogP contribution in [0, 0.1) is 0 Å². The molecule has 25 heavy (non-hydrogen) atoms. The van der Waals surface area contributed by atoms with E-state index in [1.165, 1.54) is 11.3 Å². The van der Waals surface area contributed by atoms with Crippen LogP contribution in [0.3, 0.4) is 0 Å². The lowest BCUT2D eigenvalue weighted by Gasteiger charge is -2.05. The Labute approximate surface area is 150 Å². The fourth-order valence-corrected chi connectivity index (χ4v) is 2.55. The predicted octanol–water partition coefficient (Wildman–Crippen LogP) is 2.72. The van der Waals surface area contributed by atoms with E-state index in [-0.39, 0.29) is 12.4 Å². The smallest absolute Gasteiger partial charge is 0.311 e. The molecule has 0 atom stereocenters. The van der Waals surface area contributed by atoms with Crippen LogP contribution in [0.15, 0.2) is 34.7 Å². The second-order valence-corrected chi connectivity index (χ2v) is 5.77. The highest BCUT2D eigenvalue weighted by molar-refractivity contribution is 7.13. The van der Waals surface area contributed by atoms with Crippen molar-refractivity contribution in [2.24, 2.45) is 5.10 Å². The average Bonchev–Trinajstić information content (AvgIpc) is 3.03. The summed E-state index contributed by atoms with van der Waals surface area (Å²) in [5.74, 6) is 0.472. The summed E-state index contributed by atoms with van der Waals surface area (Å²) in [6.45, 7) is 3.18. The Kier molecular flexibility index (Phi) is 7.87. The normalized spacial score (nSPS) is 10.8. The number of aromatic nitrogens is 1. The van der Waals surface area contributed by atoms with E-state index >= 15 is 0 Å². The number of nitrogens with zero attached hydrogens (tertiary/aromatic N) is 2. The van der Waals surface area contributed by atoms with Gasteiger partial charge in [0.1, 0.15) is 12.4 Å². The highest BCUT2D eigenvalue weighted by atomic mass is 32.1. The van der Waals surface area contributed by atoms with E-state index in [4.69, 9.17) is 14.2 Å². The number of hydrogen-bond acceptors (Lipinski definition) is 8. The van der Waals surface area contributed by atoms with Crippen LogP contribution in [0.4, 0.5) is 5.13 Å². The summed E-state index contributed by atoms with van der Waals surface area (Å²) in [7, 11) is 1.63. The summed E-state index contributed by atoms with van der Waals surface area (Å²) in [6.07, 6.45) is 1.84. The third-order valence-electron chi connectivity index (χ3n) is 2.97. The van der Waals surface area contributed by atoms with Crippen molar-refractivity contribution in [3.63, 3.8) is 0 Å². The number of thiazole rings is 1. The van der Waals surface area contributed by atoms with E-state index in [2.05, 4.69) is 15.5 Å². The van der Waals surface area contributed by atoms with Gasteiger partial charge in [0.2, 0.25) is 5.13 Å². The summed E-state index contributed by atoms with van der Waals surface area (Å²) in [5.41, 5.74) is 4.41. The van der Waals surface area contributed by atoms with Crippen LogP contribution in [-0.2, 0) is 20.7 Å². The number of methoxy groups -OCH3 is 1. The Morgan fingerprint density at radius 3 is 3.08 bits per heavy atom. The number of esters is 1. The molecule has 0 radical (unpaired) electrons. The SMILES string of the molecule is CCOC(=O)Cc1csc(NN=Cc2cccc(OCCOC)c2)n1. The van der Waals surface area contributed by atoms with Gasteiger partial charge in [-0.15, -0.1) is 11.3 Å². The first-order chi connectivity index (χ1) is 12.2. The van der Waals surface area contributed by atoms with Gasteiger partial charge in [-0.05, 0) is 24.6 Å². The molecule has 0 aliphatic rings. The Morgan fingerprint density at radius 2 is 2.28 bits per heavy atom. The van der Waals surface area contributed by atoms with Crippen LogP contribution in [-0.4, -0.2) is 44.1 Å². The van der Waals surface area contributed by atoms with Crippen molar-refractivity contribution in [2.45, 2.75) is 13.3 Å². The number of carbonyl (C=O) groups is 1. The van der Waals surface area contributed by atoms with Gasteiger partial charge in [0.15, 0.2) is 0 Å². The Bertz CT molecular complexity index is 703. The molecule has 0 aliphatic heterocycles. The van der Waals surface area contributed by atoms with Gasteiger partial charge in [-0.2, -0.15) is 5.10 Å². The number of nitrogens with one attached hydrogen (secondary N) is 1. The molecule has 0 unspecified atom stereocenters. The quantitative estimate of drug-likeness (QED) is 0.302. The molecule has 0 amide bonds. The van der Waals surface area contributed by atoms with Crippen molar-refractivity contribution in [1.29, 1.82) is 0 Å². The summed E-state index contributed by atoms with van der Waals surface area (Å²) in [6, 6.07) is 7.57. The minimum Gasteiger partial charge on any atom is -0.491 e. The first kappa shape index (κ1) is 18.9. The Morgan fingerprint density at radius 1 is 1.40 bits per heavy atom. The highest BCUT2D eigenvalue weighted by Gasteiger charge is 2.07. The average molecular weight is 363 g/mol. The molecule has 0 fully saturated rings. The number of anilines is 1. The summed E-state index contributed by atoms with van der Waals surface area (Å²) in [4.78, 5) is 15.7. The molecule has 0 aliphatic carbocycles. The van der Waals surface area contributed by atoms with Crippen LogP contribution in [0.5, 0.6) is 5.75 Å². The molecule has 2 aromatic rings. The number of carbonyl (C=O) groups excluding carboxylic acids is 1. The standard InChI is InChI=1S/C17H21N3O4S/c1-3-23-16(21)10-14-12-25-17(19-14)20-18-11-13-5-4-6-15(9-13)24-8-7-22-2/h4-6,9,11-12H,3,7-8,10H2,1-2H3,(H,19,20). The summed E-state index contributed by atoms with van der Waals surface area (Å²) < 4.78 is 15.4. The van der Waals surface area contributed by atoms with E-state index in [0.29, 0.717) is 30.6 Å². The predicted molar refractivity (Wildman–Crippen MR) is 97.5 cm³/mol. The lowest BCUT2D eigenvalue weighted by Crippen LogP contribution is -2.07. The number of benzene rings is 1. The van der Waals surface area contributed by atoms with Crippen LogP contribution in [0.1, 0.15) is 18.2 Å². The van der Waals surface area contributed by atoms with Crippen LogP contribution in [0.2, 0.25) is 0 Å². The number of ether oxygens (including phenoxy) is 3. The second-order valence-electron chi connectivity index (χ2n) is 4.91. The van der Waals surface area contributed by atoms with E-state index in [9.17, 15) is 4.79 Å². The van der Waals surface area contributed by atoms with Crippen molar-refractivity contribution >= 4 is 28.7 Å². The third kappa shape index (κ3) is 6.90. The zero-order chi connectivity index (χ0) is 17.9. The van der Waals surface area contributed by atoms with E-state index in [1.807, 2.05) is 24.3 Å². The topological polar surface area (TPSA) is 82.0 Å². The lowest BCUT2D eigenvalue weighted by atomic mass is 10.2. The molecule has 0 saturated heterocycles. The fourth-order valence-electron chi connectivity index (χ4n) is 1.89. The van der Waals surface area contributed by atoms with Gasteiger partial charge in [-0.3, -0.25) is 10.2 Å². The minimum atomic E-state index is -0.284. The van der Waals surface area contributed by atoms with Crippen LogP contribution >= 0.6 is 11.3 Å². The van der Waals surface area contributed by atoms with Crippen molar-refractivity contribution in [3.8, 4) is 5.75 Å². The third-order valence-corrected chi connectivity index (χ3v) is 3.77. The molecular weight excluding hydrogens is 342 g/mol. The minimum absolute atomic E-state index is 0.163. The van der Waals surface area contributed by atoms with E-state index in [1.54, 1.807) is 25.6 Å². The van der Waals surface area contributed by atoms with Crippen molar-refractivity contribution in [1.82, 2.24) is 4.98 Å². The zero-order valence-electron chi connectivity index (χ0n) is 14.2. The van der Waals surface area contributed by atoms with Gasteiger partial charge in [-0.25, -0.2) is 4.98 Å². The van der Waals surface area contributed by atoms with E-state index < -0.39 is 0 Å². The Hall–Kier alpha value is -2.45. The van der Waals surface area contributed by atoms with Crippen LogP contribution < -0.4 is 10.2 Å². The molecule has 1 aromatic carbocycles. The molecule has 0 bridgehead atoms. The molecule has 134 valence electrons. The lowest BCUT2D eigenvalue weighted by molar-refractivity contribution is -0.142. The number of hydrazone groups is 1. The first-order valence-electron chi connectivity index (χ1n) is 7.82. The molecule has 1 N–H and O–H groups in total. The summed E-state index contributed by atoms with van der Waals surface area (Å²) >= 11 is 1.38. The van der Waals surface area contributed by atoms with Crippen LogP contribution in [0.25, 0.3) is 0 Å². The summed E-state index contributed by atoms with van der Waals surface area (Å²) in [5, 5.41) is 6.57. The molecular formula is C17H21N3O4S. The first-order valence-corrected chi connectivity index (χ1v) is 8.70. The van der Waals surface area contributed by atoms with Gasteiger partial charge >= 0.3 is 5.97 Å². The van der Waals surface area contributed by atoms with Gasteiger partial charge in [0.25, 0.3) is 0 Å². The number of rotatable bonds is 10. The molecule has 1 heterocycles. The maximum absolute atomic E-state index is 11.4. The molecule has 2 rings (SSSR count). The fraction of sp³-hybridized carbons (Fsp3) is 0.353.